The van der Waals surface area contributed by atoms with Gasteiger partial charge in [0.15, 0.2) is 6.33 Å². The van der Waals surface area contributed by atoms with Crippen LogP contribution in [-0.4, -0.2) is 9.55 Å². The van der Waals surface area contributed by atoms with Crippen molar-refractivity contribution in [3.8, 4) is 0 Å². The predicted molar refractivity (Wildman–Crippen MR) is 58.4 cm³/mol. The van der Waals surface area contributed by atoms with Gasteiger partial charge in [-0.1, -0.05) is 36.9 Å². The summed E-state index contributed by atoms with van der Waals surface area (Å²) < 4.78 is 1.77. The Labute approximate surface area is 87.8 Å². The van der Waals surface area contributed by atoms with Crippen LogP contribution in [0.2, 0.25) is 0 Å². The van der Waals surface area contributed by atoms with E-state index in [1.54, 1.807) is 10.9 Å². The molecule has 0 aliphatic heterocycles. The van der Waals surface area contributed by atoms with Crippen LogP contribution in [-0.2, 0) is 6.54 Å². The average molecular weight is 198 g/mol. The smallest absolute Gasteiger partial charge is 0.311 e. The standard InChI is InChI=1S/C11H10N4/c1-13-11-10(12)15(8-14-11)7-9-5-3-2-4-6-9/h2-6,8H,7,12H2. The molecule has 0 spiro atoms. The molecule has 2 N–H and O–H groups in total. The SMILES string of the molecule is [C-]#[N+]c1ncn(Cc2ccccc2)c1N. The minimum absolute atomic E-state index is 0.269. The van der Waals surface area contributed by atoms with Crippen molar-refractivity contribution < 1.29 is 0 Å². The lowest BCUT2D eigenvalue weighted by atomic mass is 10.2. The van der Waals surface area contributed by atoms with Crippen LogP contribution in [0.3, 0.4) is 0 Å². The first kappa shape index (κ1) is 9.28. The largest absolute Gasteiger partial charge is 0.392 e. The van der Waals surface area contributed by atoms with Gasteiger partial charge in [0.05, 0.1) is 6.54 Å². The summed E-state index contributed by atoms with van der Waals surface area (Å²) in [6, 6.07) is 9.93. The molecule has 0 saturated carbocycles. The molecule has 0 atom stereocenters. The number of anilines is 1. The third kappa shape index (κ3) is 1.81. The van der Waals surface area contributed by atoms with Crippen LogP contribution in [0.25, 0.3) is 4.85 Å². The topological polar surface area (TPSA) is 48.2 Å². The molecule has 1 aromatic heterocycles. The van der Waals surface area contributed by atoms with Crippen molar-refractivity contribution in [2.75, 3.05) is 5.73 Å². The number of nitrogens with two attached hydrogens (primary N) is 1. The first-order chi connectivity index (χ1) is 7.31. The summed E-state index contributed by atoms with van der Waals surface area (Å²) in [6.45, 7) is 7.49. The quantitative estimate of drug-likeness (QED) is 0.751. The minimum atomic E-state index is 0.269. The first-order valence-corrected chi connectivity index (χ1v) is 4.53. The van der Waals surface area contributed by atoms with Crippen molar-refractivity contribution in [1.82, 2.24) is 9.55 Å². The molecular formula is C11H10N4. The highest BCUT2D eigenvalue weighted by molar-refractivity contribution is 5.57. The van der Waals surface area contributed by atoms with E-state index in [9.17, 15) is 0 Å². The third-order valence-corrected chi connectivity index (χ3v) is 2.16. The lowest BCUT2D eigenvalue weighted by molar-refractivity contribution is 0.808. The zero-order valence-electron chi connectivity index (χ0n) is 8.09. The second-order valence-corrected chi connectivity index (χ2v) is 3.18. The monoisotopic (exact) mass is 198 g/mol. The van der Waals surface area contributed by atoms with Crippen molar-refractivity contribution in [1.29, 1.82) is 0 Å². The van der Waals surface area contributed by atoms with Crippen LogP contribution in [0.15, 0.2) is 36.7 Å². The molecule has 74 valence electrons. The van der Waals surface area contributed by atoms with E-state index in [0.717, 1.165) is 5.56 Å². The molecule has 0 amide bonds. The molecule has 4 heteroatoms. The van der Waals surface area contributed by atoms with E-state index in [1.165, 1.54) is 0 Å². The van der Waals surface area contributed by atoms with Crippen LogP contribution in [0, 0.1) is 6.57 Å². The Morgan fingerprint density at radius 1 is 1.33 bits per heavy atom. The van der Waals surface area contributed by atoms with Gasteiger partial charge in [0.25, 0.3) is 0 Å². The first-order valence-electron chi connectivity index (χ1n) is 4.53. The highest BCUT2D eigenvalue weighted by atomic mass is 15.1. The molecule has 0 bridgehead atoms. The van der Waals surface area contributed by atoms with E-state index in [4.69, 9.17) is 12.3 Å². The normalized spacial score (nSPS) is 9.80. The molecule has 0 aliphatic rings. The van der Waals surface area contributed by atoms with Crippen molar-refractivity contribution in [3.63, 3.8) is 0 Å². The summed E-state index contributed by atoms with van der Waals surface area (Å²) >= 11 is 0. The average Bonchev–Trinajstić information content (AvgIpc) is 2.62. The molecule has 4 nitrogen and oxygen atoms in total. The van der Waals surface area contributed by atoms with Gasteiger partial charge in [0.1, 0.15) is 5.82 Å². The second-order valence-electron chi connectivity index (χ2n) is 3.18. The van der Waals surface area contributed by atoms with E-state index in [-0.39, 0.29) is 5.82 Å². The van der Waals surface area contributed by atoms with E-state index < -0.39 is 0 Å². The molecule has 2 aromatic rings. The van der Waals surface area contributed by atoms with E-state index in [0.29, 0.717) is 12.4 Å². The van der Waals surface area contributed by atoms with Crippen LogP contribution in [0.5, 0.6) is 0 Å². The van der Waals surface area contributed by atoms with Gasteiger partial charge in [0, 0.05) is 0 Å². The van der Waals surface area contributed by atoms with Crippen molar-refractivity contribution in [2.45, 2.75) is 6.54 Å². The van der Waals surface area contributed by atoms with Gasteiger partial charge >= 0.3 is 5.82 Å². The molecule has 0 aliphatic carbocycles. The van der Waals surface area contributed by atoms with Crippen LogP contribution in [0.1, 0.15) is 5.56 Å². The Balaban J connectivity index is 2.26. The fourth-order valence-corrected chi connectivity index (χ4v) is 1.37. The van der Waals surface area contributed by atoms with Crippen LogP contribution in [0.4, 0.5) is 11.6 Å². The molecule has 2 rings (SSSR count). The second kappa shape index (κ2) is 3.84. The van der Waals surface area contributed by atoms with E-state index >= 15 is 0 Å². The molecule has 15 heavy (non-hydrogen) atoms. The molecule has 0 saturated heterocycles. The van der Waals surface area contributed by atoms with Crippen LogP contribution >= 0.6 is 0 Å². The van der Waals surface area contributed by atoms with Gasteiger partial charge in [-0.05, 0) is 5.56 Å². The van der Waals surface area contributed by atoms with Gasteiger partial charge in [-0.15, -0.1) is 4.98 Å². The van der Waals surface area contributed by atoms with Gasteiger partial charge in [-0.2, -0.15) is 0 Å². The number of benzene rings is 1. The lowest BCUT2D eigenvalue weighted by Gasteiger charge is -2.03. The maximum atomic E-state index is 6.85. The number of nitrogens with zero attached hydrogens (tertiary/aromatic N) is 3. The van der Waals surface area contributed by atoms with Gasteiger partial charge in [-0.3, -0.25) is 0 Å². The molecule has 0 radical (unpaired) electrons. The fourth-order valence-electron chi connectivity index (χ4n) is 1.37. The Bertz CT molecular complexity index is 493. The summed E-state index contributed by atoms with van der Waals surface area (Å²) in [7, 11) is 0. The maximum absolute atomic E-state index is 6.85. The highest BCUT2D eigenvalue weighted by Gasteiger charge is 2.07. The van der Waals surface area contributed by atoms with E-state index in [2.05, 4.69) is 9.83 Å². The third-order valence-electron chi connectivity index (χ3n) is 2.16. The zero-order chi connectivity index (χ0) is 10.7. The van der Waals surface area contributed by atoms with Crippen molar-refractivity contribution in [2.24, 2.45) is 0 Å². The Kier molecular flexibility index (Phi) is 2.38. The lowest BCUT2D eigenvalue weighted by Crippen LogP contribution is -2.02. The highest BCUT2D eigenvalue weighted by Crippen LogP contribution is 2.19. The molecule has 1 aromatic carbocycles. The maximum Gasteiger partial charge on any atom is 0.311 e. The number of hydrogen-bond donors (Lipinski definition) is 1. The number of aromatic nitrogens is 2. The van der Waals surface area contributed by atoms with Crippen LogP contribution < -0.4 is 5.73 Å². The number of nitrogen functional groups attached to an aromatic ring is 1. The zero-order valence-corrected chi connectivity index (χ0v) is 8.09. The summed E-state index contributed by atoms with van der Waals surface area (Å²) in [4.78, 5) is 7.14. The molecule has 0 unspecified atom stereocenters. The van der Waals surface area contributed by atoms with Gasteiger partial charge < -0.3 is 15.1 Å². The minimum Gasteiger partial charge on any atom is -0.392 e. The Morgan fingerprint density at radius 2 is 2.07 bits per heavy atom. The summed E-state index contributed by atoms with van der Waals surface area (Å²) in [5.41, 5.74) is 6.89. The molecular weight excluding hydrogens is 188 g/mol. The van der Waals surface area contributed by atoms with E-state index in [1.807, 2.05) is 30.3 Å². The summed E-state index contributed by atoms with van der Waals surface area (Å²) in [5.74, 6) is 0.694. The Morgan fingerprint density at radius 3 is 2.67 bits per heavy atom. The molecule has 1 heterocycles. The molecule has 0 fully saturated rings. The van der Waals surface area contributed by atoms with Crippen molar-refractivity contribution in [3.05, 3.63) is 53.6 Å². The number of rotatable bonds is 2. The number of hydrogen-bond acceptors (Lipinski definition) is 2. The van der Waals surface area contributed by atoms with Gasteiger partial charge in [-0.25, -0.2) is 0 Å². The number of imidazole rings is 1. The van der Waals surface area contributed by atoms with Crippen molar-refractivity contribution >= 4 is 11.6 Å². The Hall–Kier alpha value is -2.28. The predicted octanol–water partition coefficient (Wildman–Crippen LogP) is 2.06. The summed E-state index contributed by atoms with van der Waals surface area (Å²) in [6.07, 6.45) is 1.59. The summed E-state index contributed by atoms with van der Waals surface area (Å²) in [5, 5.41) is 0. The van der Waals surface area contributed by atoms with Gasteiger partial charge in [0.2, 0.25) is 0 Å². The fraction of sp³-hybridized carbons (Fsp3) is 0.0909.